The normalized spacial score (nSPS) is 12.6. The maximum atomic E-state index is 12.8. The van der Waals surface area contributed by atoms with Gasteiger partial charge in [0.15, 0.2) is 6.10 Å². The summed E-state index contributed by atoms with van der Waals surface area (Å²) in [6.07, 6.45) is 51.0. The molecule has 0 saturated carbocycles. The molecule has 0 aliphatic rings. The van der Waals surface area contributed by atoms with Gasteiger partial charge in [-0.05, 0) is 37.0 Å². The average molecular weight is 906 g/mol. The predicted molar refractivity (Wildman–Crippen MR) is 275 cm³/mol. The lowest BCUT2D eigenvalue weighted by Crippen LogP contribution is -2.30. The Hall–Kier alpha value is -1.59. The van der Waals surface area contributed by atoms with Gasteiger partial charge in [0.1, 0.15) is 13.2 Å². The van der Waals surface area contributed by atoms with E-state index < -0.39 is 6.10 Å². The summed E-state index contributed by atoms with van der Waals surface area (Å²) < 4.78 is 16.9. The zero-order valence-electron chi connectivity index (χ0n) is 44.1. The van der Waals surface area contributed by atoms with Crippen LogP contribution in [0, 0.1) is 17.8 Å². The summed E-state index contributed by atoms with van der Waals surface area (Å²) in [5.74, 6) is 1.66. The van der Waals surface area contributed by atoms with Crippen LogP contribution in [-0.4, -0.2) is 37.2 Å². The molecule has 0 rings (SSSR count). The second kappa shape index (κ2) is 49.3. The Morgan fingerprint density at radius 1 is 0.312 bits per heavy atom. The maximum absolute atomic E-state index is 12.8. The number of ether oxygens (including phenoxy) is 3. The lowest BCUT2D eigenvalue weighted by atomic mass is 10.00. The molecule has 0 bridgehead atoms. The SMILES string of the molecule is CCC(C)CCCCCCCCC(=O)OC[C@H](COC(=O)CCCCCCCCCCCCCCCCC(C)C)OC(=O)CCCCCCCCCCCCCCCCCCC(C)C. The minimum Gasteiger partial charge on any atom is -0.462 e. The highest BCUT2D eigenvalue weighted by Crippen LogP contribution is 2.19. The van der Waals surface area contributed by atoms with Crippen LogP contribution in [0.15, 0.2) is 0 Å². The van der Waals surface area contributed by atoms with E-state index in [-0.39, 0.29) is 31.1 Å². The summed E-state index contributed by atoms with van der Waals surface area (Å²) >= 11 is 0. The number of carbonyl (C=O) groups is 3. The summed E-state index contributed by atoms with van der Waals surface area (Å²) in [5, 5.41) is 0. The quantitative estimate of drug-likeness (QED) is 0.0344. The summed E-state index contributed by atoms with van der Waals surface area (Å²) in [7, 11) is 0. The first kappa shape index (κ1) is 62.4. The first-order valence-corrected chi connectivity index (χ1v) is 28.6. The van der Waals surface area contributed by atoms with E-state index in [0.717, 1.165) is 75.5 Å². The van der Waals surface area contributed by atoms with Crippen LogP contribution in [-0.2, 0) is 28.6 Å². The highest BCUT2D eigenvalue weighted by Gasteiger charge is 2.19. The van der Waals surface area contributed by atoms with E-state index in [1.807, 2.05) is 0 Å². The number of esters is 3. The number of hydrogen-bond donors (Lipinski definition) is 0. The van der Waals surface area contributed by atoms with Gasteiger partial charge in [0.05, 0.1) is 0 Å². The third-order valence-corrected chi connectivity index (χ3v) is 13.5. The molecule has 0 aromatic carbocycles. The van der Waals surface area contributed by atoms with Crippen molar-refractivity contribution in [2.75, 3.05) is 13.2 Å². The fraction of sp³-hybridized carbons (Fsp3) is 0.948. The van der Waals surface area contributed by atoms with Gasteiger partial charge < -0.3 is 14.2 Å². The Bertz CT molecular complexity index is 993. The predicted octanol–water partition coefficient (Wildman–Crippen LogP) is 18.7. The molecular formula is C58H112O6. The van der Waals surface area contributed by atoms with Crippen LogP contribution >= 0.6 is 0 Å². The lowest BCUT2D eigenvalue weighted by Gasteiger charge is -2.18. The fourth-order valence-electron chi connectivity index (χ4n) is 8.79. The molecule has 0 spiro atoms. The third kappa shape index (κ3) is 49.8. The number of rotatable bonds is 51. The molecule has 0 aromatic heterocycles. The molecule has 0 N–H and O–H groups in total. The topological polar surface area (TPSA) is 78.9 Å². The van der Waals surface area contributed by atoms with Gasteiger partial charge in [0, 0.05) is 19.3 Å². The van der Waals surface area contributed by atoms with E-state index in [1.54, 1.807) is 0 Å². The Kier molecular flexibility index (Phi) is 48.1. The molecule has 6 heteroatoms. The second-order valence-corrected chi connectivity index (χ2v) is 21.1. The summed E-state index contributed by atoms with van der Waals surface area (Å²) in [6, 6.07) is 0. The van der Waals surface area contributed by atoms with E-state index in [2.05, 4.69) is 41.5 Å². The Morgan fingerprint density at radius 3 is 0.812 bits per heavy atom. The van der Waals surface area contributed by atoms with Crippen molar-refractivity contribution in [1.29, 1.82) is 0 Å². The van der Waals surface area contributed by atoms with Crippen LogP contribution in [0.2, 0.25) is 0 Å². The molecule has 2 atom stereocenters. The van der Waals surface area contributed by atoms with Crippen LogP contribution in [0.4, 0.5) is 0 Å². The summed E-state index contributed by atoms with van der Waals surface area (Å²) in [5.41, 5.74) is 0. The number of hydrogen-bond acceptors (Lipinski definition) is 6. The zero-order chi connectivity index (χ0) is 47.0. The average Bonchev–Trinajstić information content (AvgIpc) is 3.27. The molecule has 0 radical (unpaired) electrons. The van der Waals surface area contributed by atoms with E-state index >= 15 is 0 Å². The molecule has 1 unspecified atom stereocenters. The van der Waals surface area contributed by atoms with Crippen molar-refractivity contribution in [3.63, 3.8) is 0 Å². The van der Waals surface area contributed by atoms with Crippen molar-refractivity contribution in [3.05, 3.63) is 0 Å². The monoisotopic (exact) mass is 905 g/mol. The smallest absolute Gasteiger partial charge is 0.306 e. The van der Waals surface area contributed by atoms with Gasteiger partial charge in [0.2, 0.25) is 0 Å². The van der Waals surface area contributed by atoms with Crippen molar-refractivity contribution in [1.82, 2.24) is 0 Å². The minimum atomic E-state index is -0.764. The minimum absolute atomic E-state index is 0.0643. The molecule has 0 aromatic rings. The van der Waals surface area contributed by atoms with Crippen molar-refractivity contribution >= 4 is 17.9 Å². The van der Waals surface area contributed by atoms with E-state index in [9.17, 15) is 14.4 Å². The third-order valence-electron chi connectivity index (χ3n) is 13.5. The second-order valence-electron chi connectivity index (χ2n) is 21.1. The molecule has 0 saturated heterocycles. The van der Waals surface area contributed by atoms with Gasteiger partial charge in [-0.3, -0.25) is 14.4 Å². The molecule has 0 amide bonds. The fourth-order valence-corrected chi connectivity index (χ4v) is 8.79. The molecular weight excluding hydrogens is 793 g/mol. The van der Waals surface area contributed by atoms with Crippen LogP contribution in [0.5, 0.6) is 0 Å². The van der Waals surface area contributed by atoms with Crippen LogP contribution in [0.1, 0.15) is 318 Å². The molecule has 0 heterocycles. The largest absolute Gasteiger partial charge is 0.462 e. The summed E-state index contributed by atoms with van der Waals surface area (Å²) in [4.78, 5) is 38.1. The van der Waals surface area contributed by atoms with Crippen molar-refractivity contribution in [2.45, 2.75) is 324 Å². The zero-order valence-corrected chi connectivity index (χ0v) is 44.1. The van der Waals surface area contributed by atoms with E-state index in [0.29, 0.717) is 19.3 Å². The molecule has 0 aliphatic heterocycles. The van der Waals surface area contributed by atoms with Crippen molar-refractivity contribution in [3.8, 4) is 0 Å². The first-order chi connectivity index (χ1) is 31.1. The maximum Gasteiger partial charge on any atom is 0.306 e. The van der Waals surface area contributed by atoms with Crippen LogP contribution < -0.4 is 0 Å². The van der Waals surface area contributed by atoms with Gasteiger partial charge in [-0.2, -0.15) is 0 Å². The summed E-state index contributed by atoms with van der Waals surface area (Å²) in [6.45, 7) is 13.7. The van der Waals surface area contributed by atoms with Crippen molar-refractivity contribution in [2.24, 2.45) is 17.8 Å². The van der Waals surface area contributed by atoms with Gasteiger partial charge in [-0.15, -0.1) is 0 Å². The van der Waals surface area contributed by atoms with Gasteiger partial charge in [-0.1, -0.05) is 279 Å². The van der Waals surface area contributed by atoms with E-state index in [1.165, 1.54) is 199 Å². The van der Waals surface area contributed by atoms with Crippen LogP contribution in [0.3, 0.4) is 0 Å². The van der Waals surface area contributed by atoms with E-state index in [4.69, 9.17) is 14.2 Å². The Morgan fingerprint density at radius 2 is 0.547 bits per heavy atom. The highest BCUT2D eigenvalue weighted by atomic mass is 16.6. The molecule has 64 heavy (non-hydrogen) atoms. The first-order valence-electron chi connectivity index (χ1n) is 28.6. The highest BCUT2D eigenvalue weighted by molar-refractivity contribution is 5.71. The molecule has 380 valence electrons. The molecule has 0 fully saturated rings. The lowest BCUT2D eigenvalue weighted by molar-refractivity contribution is -0.167. The van der Waals surface area contributed by atoms with Gasteiger partial charge in [-0.25, -0.2) is 0 Å². The number of unbranched alkanes of at least 4 members (excludes halogenated alkanes) is 33. The Balaban J connectivity index is 4.25. The van der Waals surface area contributed by atoms with Crippen molar-refractivity contribution < 1.29 is 28.6 Å². The molecule has 0 aliphatic carbocycles. The van der Waals surface area contributed by atoms with Gasteiger partial charge in [0.25, 0.3) is 0 Å². The van der Waals surface area contributed by atoms with Gasteiger partial charge >= 0.3 is 17.9 Å². The number of carbonyl (C=O) groups excluding carboxylic acids is 3. The standard InChI is InChI=1S/C58H112O6/c1-7-54(6)46-40-34-30-31-36-42-48-57(60)63-51-55(50-62-56(59)47-41-35-28-24-20-16-13-12-15-19-23-27-33-39-45-53(4)5)64-58(61)49-43-37-29-25-21-17-11-9-8-10-14-18-22-26-32-38-44-52(2)3/h52-55H,7-51H2,1-6H3/t54?,55-/m0/s1. The molecule has 6 nitrogen and oxygen atoms in total. The Labute approximate surface area is 399 Å². The van der Waals surface area contributed by atoms with Crippen LogP contribution in [0.25, 0.3) is 0 Å².